The third kappa shape index (κ3) is 4.61. The van der Waals surface area contributed by atoms with Crippen LogP contribution in [-0.4, -0.2) is 23.7 Å². The van der Waals surface area contributed by atoms with Crippen LogP contribution in [0.4, 0.5) is 0 Å². The second-order valence-corrected chi connectivity index (χ2v) is 4.36. The number of hydrogen-bond donors (Lipinski definition) is 2. The SMILES string of the molecule is CC(O)CNC(=O)CC1CCCCC1. The molecule has 0 bridgehead atoms. The molecule has 1 rings (SSSR count). The van der Waals surface area contributed by atoms with Crippen molar-refractivity contribution in [3.8, 4) is 0 Å². The van der Waals surface area contributed by atoms with Crippen LogP contribution < -0.4 is 5.32 Å². The summed E-state index contributed by atoms with van der Waals surface area (Å²) in [5.41, 5.74) is 0. The third-order valence-corrected chi connectivity index (χ3v) is 2.79. The number of carbonyl (C=O) groups excluding carboxylic acids is 1. The molecule has 82 valence electrons. The Morgan fingerprint density at radius 1 is 1.43 bits per heavy atom. The molecule has 1 fully saturated rings. The Balaban J connectivity index is 2.12. The van der Waals surface area contributed by atoms with Crippen molar-refractivity contribution in [2.45, 2.75) is 51.6 Å². The van der Waals surface area contributed by atoms with E-state index in [1.807, 2.05) is 0 Å². The van der Waals surface area contributed by atoms with Gasteiger partial charge in [-0.3, -0.25) is 4.79 Å². The van der Waals surface area contributed by atoms with E-state index in [9.17, 15) is 4.79 Å². The molecule has 0 aromatic heterocycles. The molecule has 3 nitrogen and oxygen atoms in total. The molecule has 1 aliphatic carbocycles. The molecule has 1 amide bonds. The Labute approximate surface area is 85.9 Å². The topological polar surface area (TPSA) is 49.3 Å². The molecule has 1 atom stereocenters. The zero-order valence-electron chi connectivity index (χ0n) is 8.96. The summed E-state index contributed by atoms with van der Waals surface area (Å²) in [4.78, 5) is 11.4. The van der Waals surface area contributed by atoms with Gasteiger partial charge in [-0.1, -0.05) is 19.3 Å². The number of rotatable bonds is 4. The van der Waals surface area contributed by atoms with Crippen molar-refractivity contribution in [1.29, 1.82) is 0 Å². The van der Waals surface area contributed by atoms with Crippen molar-refractivity contribution in [2.24, 2.45) is 5.92 Å². The Morgan fingerprint density at radius 3 is 2.64 bits per heavy atom. The minimum absolute atomic E-state index is 0.0952. The molecule has 0 heterocycles. The number of carbonyl (C=O) groups is 1. The predicted octanol–water partition coefficient (Wildman–Crippen LogP) is 1.45. The first-order valence-corrected chi connectivity index (χ1v) is 5.63. The van der Waals surface area contributed by atoms with Crippen LogP contribution in [0.1, 0.15) is 45.4 Å². The zero-order chi connectivity index (χ0) is 10.4. The van der Waals surface area contributed by atoms with Gasteiger partial charge in [0, 0.05) is 13.0 Å². The number of aliphatic hydroxyl groups excluding tert-OH is 1. The third-order valence-electron chi connectivity index (χ3n) is 2.79. The molecule has 0 radical (unpaired) electrons. The fourth-order valence-corrected chi connectivity index (χ4v) is 1.99. The van der Waals surface area contributed by atoms with Crippen LogP contribution in [0.3, 0.4) is 0 Å². The van der Waals surface area contributed by atoms with Crippen molar-refractivity contribution >= 4 is 5.91 Å². The fourth-order valence-electron chi connectivity index (χ4n) is 1.99. The fraction of sp³-hybridized carbons (Fsp3) is 0.909. The average molecular weight is 199 g/mol. The van der Waals surface area contributed by atoms with Gasteiger partial charge in [0.25, 0.3) is 0 Å². The van der Waals surface area contributed by atoms with Gasteiger partial charge in [0.05, 0.1) is 6.10 Å². The first-order valence-electron chi connectivity index (χ1n) is 5.63. The summed E-state index contributed by atoms with van der Waals surface area (Å²) in [5, 5.41) is 11.7. The molecular formula is C11H21NO2. The van der Waals surface area contributed by atoms with Crippen LogP contribution in [0, 0.1) is 5.92 Å². The van der Waals surface area contributed by atoms with E-state index in [2.05, 4.69) is 5.32 Å². The van der Waals surface area contributed by atoms with Gasteiger partial charge >= 0.3 is 0 Å². The molecular weight excluding hydrogens is 178 g/mol. The second-order valence-electron chi connectivity index (χ2n) is 4.36. The number of hydrogen-bond acceptors (Lipinski definition) is 2. The van der Waals surface area contributed by atoms with E-state index in [0.717, 1.165) is 0 Å². The normalized spacial score (nSPS) is 20.4. The lowest BCUT2D eigenvalue weighted by Crippen LogP contribution is -2.32. The van der Waals surface area contributed by atoms with Gasteiger partial charge in [-0.2, -0.15) is 0 Å². The van der Waals surface area contributed by atoms with Gasteiger partial charge in [-0.15, -0.1) is 0 Å². The monoisotopic (exact) mass is 199 g/mol. The van der Waals surface area contributed by atoms with E-state index < -0.39 is 6.10 Å². The van der Waals surface area contributed by atoms with E-state index in [4.69, 9.17) is 5.11 Å². The highest BCUT2D eigenvalue weighted by molar-refractivity contribution is 5.76. The van der Waals surface area contributed by atoms with Crippen LogP contribution in [0.15, 0.2) is 0 Å². The van der Waals surface area contributed by atoms with Gasteiger partial charge in [0.2, 0.25) is 5.91 Å². The minimum atomic E-state index is -0.440. The first-order chi connectivity index (χ1) is 6.68. The van der Waals surface area contributed by atoms with Crippen molar-refractivity contribution in [1.82, 2.24) is 5.32 Å². The summed E-state index contributed by atoms with van der Waals surface area (Å²) in [7, 11) is 0. The highest BCUT2D eigenvalue weighted by Gasteiger charge is 2.16. The maximum Gasteiger partial charge on any atom is 0.220 e. The van der Waals surface area contributed by atoms with E-state index in [-0.39, 0.29) is 5.91 Å². The lowest BCUT2D eigenvalue weighted by Gasteiger charge is -2.20. The summed E-state index contributed by atoms with van der Waals surface area (Å²) in [6, 6.07) is 0. The van der Waals surface area contributed by atoms with Crippen molar-refractivity contribution in [2.75, 3.05) is 6.54 Å². The molecule has 0 aromatic carbocycles. The number of amides is 1. The van der Waals surface area contributed by atoms with Gasteiger partial charge in [0.1, 0.15) is 0 Å². The highest BCUT2D eigenvalue weighted by Crippen LogP contribution is 2.25. The zero-order valence-corrected chi connectivity index (χ0v) is 8.96. The molecule has 3 heteroatoms. The molecule has 1 saturated carbocycles. The number of aliphatic hydroxyl groups is 1. The van der Waals surface area contributed by atoms with Crippen molar-refractivity contribution in [3.05, 3.63) is 0 Å². The van der Waals surface area contributed by atoms with Crippen LogP contribution in [0.5, 0.6) is 0 Å². The average Bonchev–Trinajstić information content (AvgIpc) is 2.16. The van der Waals surface area contributed by atoms with E-state index >= 15 is 0 Å². The molecule has 2 N–H and O–H groups in total. The summed E-state index contributed by atoms with van der Waals surface area (Å²) in [6.45, 7) is 2.06. The molecule has 0 spiro atoms. The van der Waals surface area contributed by atoms with Crippen molar-refractivity contribution in [3.63, 3.8) is 0 Å². The Kier molecular flexibility index (Phi) is 4.94. The largest absolute Gasteiger partial charge is 0.392 e. The van der Waals surface area contributed by atoms with Crippen LogP contribution in [0.25, 0.3) is 0 Å². The van der Waals surface area contributed by atoms with Gasteiger partial charge in [-0.25, -0.2) is 0 Å². The second kappa shape index (κ2) is 6.02. The molecule has 0 saturated heterocycles. The molecule has 0 aliphatic heterocycles. The quantitative estimate of drug-likeness (QED) is 0.720. The van der Waals surface area contributed by atoms with Gasteiger partial charge < -0.3 is 10.4 Å². The summed E-state index contributed by atoms with van der Waals surface area (Å²) in [6.07, 6.45) is 6.47. The molecule has 1 unspecified atom stereocenters. The smallest absolute Gasteiger partial charge is 0.220 e. The van der Waals surface area contributed by atoms with Crippen LogP contribution >= 0.6 is 0 Å². The summed E-state index contributed by atoms with van der Waals surface area (Å²) in [5.74, 6) is 0.676. The predicted molar refractivity (Wildman–Crippen MR) is 55.9 cm³/mol. The van der Waals surface area contributed by atoms with E-state index in [1.165, 1.54) is 32.1 Å². The Morgan fingerprint density at radius 2 is 2.07 bits per heavy atom. The number of nitrogens with one attached hydrogen (secondary N) is 1. The maximum atomic E-state index is 11.4. The van der Waals surface area contributed by atoms with Crippen LogP contribution in [0.2, 0.25) is 0 Å². The highest BCUT2D eigenvalue weighted by atomic mass is 16.3. The van der Waals surface area contributed by atoms with Crippen LogP contribution in [-0.2, 0) is 4.79 Å². The molecule has 1 aliphatic rings. The van der Waals surface area contributed by atoms with E-state index in [1.54, 1.807) is 6.92 Å². The minimum Gasteiger partial charge on any atom is -0.392 e. The summed E-state index contributed by atoms with van der Waals surface area (Å²) < 4.78 is 0. The lowest BCUT2D eigenvalue weighted by atomic mass is 9.87. The van der Waals surface area contributed by atoms with Gasteiger partial charge in [0.15, 0.2) is 0 Å². The lowest BCUT2D eigenvalue weighted by molar-refractivity contribution is -0.122. The van der Waals surface area contributed by atoms with Gasteiger partial charge in [-0.05, 0) is 25.7 Å². The first kappa shape index (κ1) is 11.5. The Bertz CT molecular complexity index is 174. The molecule has 0 aromatic rings. The maximum absolute atomic E-state index is 11.4. The standard InChI is InChI=1S/C11H21NO2/c1-9(13)8-12-11(14)7-10-5-3-2-4-6-10/h9-10,13H,2-8H2,1H3,(H,12,14). The van der Waals surface area contributed by atoms with Crippen molar-refractivity contribution < 1.29 is 9.90 Å². The van der Waals surface area contributed by atoms with E-state index in [0.29, 0.717) is 18.9 Å². The molecule has 14 heavy (non-hydrogen) atoms. The Hall–Kier alpha value is -0.570. The summed E-state index contributed by atoms with van der Waals surface area (Å²) >= 11 is 0.